The predicted octanol–water partition coefficient (Wildman–Crippen LogP) is 3.19. The molecule has 0 atom stereocenters. The molecule has 0 bridgehead atoms. The number of nitrogens with one attached hydrogen (secondary N) is 2. The van der Waals surface area contributed by atoms with Crippen molar-refractivity contribution in [2.24, 2.45) is 4.99 Å². The molecule has 2 N–H and O–H groups in total. The van der Waals surface area contributed by atoms with E-state index in [9.17, 15) is 4.39 Å². The van der Waals surface area contributed by atoms with Crippen LogP contribution in [0.5, 0.6) is 5.75 Å². The Kier molecular flexibility index (Phi) is 14.7. The van der Waals surface area contributed by atoms with Crippen LogP contribution in [-0.4, -0.2) is 45.4 Å². The molecule has 0 fully saturated rings. The number of ether oxygens (including phenoxy) is 2. The highest BCUT2D eigenvalue weighted by molar-refractivity contribution is 14.0. The Balaban J connectivity index is 0.00000529. The van der Waals surface area contributed by atoms with Crippen LogP contribution in [-0.2, 0) is 4.74 Å². The highest BCUT2D eigenvalue weighted by atomic mass is 127. The zero-order valence-corrected chi connectivity index (χ0v) is 16.8. The lowest BCUT2D eigenvalue weighted by Crippen LogP contribution is -2.39. The Morgan fingerprint density at radius 3 is 2.71 bits per heavy atom. The summed E-state index contributed by atoms with van der Waals surface area (Å²) >= 11 is 0. The van der Waals surface area contributed by atoms with E-state index in [0.29, 0.717) is 18.9 Å². The first-order valence-corrected chi connectivity index (χ1v) is 8.24. The fourth-order valence-corrected chi connectivity index (χ4v) is 1.89. The van der Waals surface area contributed by atoms with Crippen LogP contribution in [0.3, 0.4) is 0 Å². The van der Waals surface area contributed by atoms with Crippen molar-refractivity contribution in [2.75, 3.05) is 39.5 Å². The van der Waals surface area contributed by atoms with Gasteiger partial charge in [-0.25, -0.2) is 4.39 Å². The van der Waals surface area contributed by atoms with Crippen LogP contribution >= 0.6 is 24.0 Å². The average molecular weight is 453 g/mol. The van der Waals surface area contributed by atoms with Crippen molar-refractivity contribution >= 4 is 29.9 Å². The van der Waals surface area contributed by atoms with E-state index >= 15 is 0 Å². The summed E-state index contributed by atoms with van der Waals surface area (Å²) in [5, 5.41) is 6.38. The van der Waals surface area contributed by atoms with Crippen LogP contribution < -0.4 is 15.4 Å². The van der Waals surface area contributed by atoms with Crippen molar-refractivity contribution in [1.82, 2.24) is 10.6 Å². The molecule has 7 heteroatoms. The summed E-state index contributed by atoms with van der Waals surface area (Å²) in [6.45, 7) is 8.17. The number of rotatable bonds is 11. The van der Waals surface area contributed by atoms with Gasteiger partial charge in [0, 0.05) is 32.4 Å². The summed E-state index contributed by atoms with van der Waals surface area (Å²) in [4.78, 5) is 4.49. The smallest absolute Gasteiger partial charge is 0.191 e. The van der Waals surface area contributed by atoms with E-state index in [1.165, 1.54) is 12.1 Å². The Labute approximate surface area is 161 Å². The maximum atomic E-state index is 13.0. The third-order valence-electron chi connectivity index (χ3n) is 2.97. The third-order valence-corrected chi connectivity index (χ3v) is 2.97. The quantitative estimate of drug-likeness (QED) is 0.234. The molecule has 0 unspecified atom stereocenters. The first-order chi connectivity index (χ1) is 11.3. The number of halogens is 2. The van der Waals surface area contributed by atoms with E-state index in [-0.39, 0.29) is 29.8 Å². The molecular weight excluding hydrogens is 424 g/mol. The van der Waals surface area contributed by atoms with Crippen LogP contribution in [0.4, 0.5) is 4.39 Å². The van der Waals surface area contributed by atoms with Gasteiger partial charge in [0.2, 0.25) is 0 Å². The van der Waals surface area contributed by atoms with Crippen LogP contribution in [0.1, 0.15) is 26.7 Å². The highest BCUT2D eigenvalue weighted by Crippen LogP contribution is 2.11. The lowest BCUT2D eigenvalue weighted by atomic mass is 10.3. The molecule has 138 valence electrons. The van der Waals surface area contributed by atoms with Crippen molar-refractivity contribution in [3.63, 3.8) is 0 Å². The third kappa shape index (κ3) is 11.4. The molecular formula is C17H29FIN3O2. The molecule has 1 aromatic carbocycles. The monoisotopic (exact) mass is 453 g/mol. The van der Waals surface area contributed by atoms with E-state index in [1.807, 2.05) is 13.8 Å². The zero-order chi connectivity index (χ0) is 16.8. The number of unbranched alkanes of at least 4 members (excludes halogenated alkanes) is 1. The molecule has 0 radical (unpaired) electrons. The summed E-state index contributed by atoms with van der Waals surface area (Å²) in [5.74, 6) is 1.01. The predicted molar refractivity (Wildman–Crippen MR) is 107 cm³/mol. The molecule has 0 aliphatic carbocycles. The van der Waals surface area contributed by atoms with Crippen molar-refractivity contribution < 1.29 is 13.9 Å². The Hall–Kier alpha value is -1.09. The summed E-state index contributed by atoms with van der Waals surface area (Å²) in [7, 11) is 0. The second-order valence-electron chi connectivity index (χ2n) is 4.90. The fraction of sp³-hybridized carbons (Fsp3) is 0.588. The molecule has 0 amide bonds. The minimum Gasteiger partial charge on any atom is -0.492 e. The Bertz CT molecular complexity index is 461. The van der Waals surface area contributed by atoms with E-state index in [0.717, 1.165) is 45.1 Å². The molecule has 24 heavy (non-hydrogen) atoms. The largest absolute Gasteiger partial charge is 0.492 e. The molecule has 0 aliphatic heterocycles. The van der Waals surface area contributed by atoms with Crippen molar-refractivity contribution in [3.8, 4) is 5.75 Å². The standard InChI is InChI=1S/C17H28FN3O2.HI/c1-3-19-17(20-10-5-6-12-22-4-2)21-11-13-23-16-9-7-8-15(18)14-16;/h7-9,14H,3-6,10-13H2,1-2H3,(H2,19,20,21);1H. The fourth-order valence-electron chi connectivity index (χ4n) is 1.89. The number of aliphatic imine (C=N–C) groups is 1. The van der Waals surface area contributed by atoms with Gasteiger partial charge in [0.25, 0.3) is 0 Å². The molecule has 1 rings (SSSR count). The molecule has 0 heterocycles. The van der Waals surface area contributed by atoms with Gasteiger partial charge >= 0.3 is 0 Å². The van der Waals surface area contributed by atoms with E-state index in [4.69, 9.17) is 9.47 Å². The first kappa shape index (κ1) is 22.9. The van der Waals surface area contributed by atoms with E-state index in [1.54, 1.807) is 12.1 Å². The normalized spacial score (nSPS) is 10.9. The van der Waals surface area contributed by atoms with Gasteiger partial charge in [-0.2, -0.15) is 0 Å². The van der Waals surface area contributed by atoms with Crippen LogP contribution in [0.2, 0.25) is 0 Å². The first-order valence-electron chi connectivity index (χ1n) is 8.24. The highest BCUT2D eigenvalue weighted by Gasteiger charge is 1.98. The van der Waals surface area contributed by atoms with Crippen LogP contribution in [0, 0.1) is 5.82 Å². The van der Waals surface area contributed by atoms with Crippen molar-refractivity contribution in [1.29, 1.82) is 0 Å². The van der Waals surface area contributed by atoms with E-state index < -0.39 is 0 Å². The summed E-state index contributed by atoms with van der Waals surface area (Å²) in [5.41, 5.74) is 0. The molecule has 5 nitrogen and oxygen atoms in total. The lowest BCUT2D eigenvalue weighted by molar-refractivity contribution is 0.144. The van der Waals surface area contributed by atoms with Gasteiger partial charge in [-0.3, -0.25) is 4.99 Å². The van der Waals surface area contributed by atoms with E-state index in [2.05, 4.69) is 15.6 Å². The van der Waals surface area contributed by atoms with Gasteiger partial charge in [0.15, 0.2) is 5.96 Å². The maximum Gasteiger partial charge on any atom is 0.191 e. The van der Waals surface area contributed by atoms with Gasteiger partial charge in [0.1, 0.15) is 18.2 Å². The van der Waals surface area contributed by atoms with Crippen molar-refractivity contribution in [3.05, 3.63) is 30.1 Å². The Morgan fingerprint density at radius 1 is 1.17 bits per heavy atom. The SMILES string of the molecule is CCNC(=NCCCCOCC)NCCOc1cccc(F)c1.I. The van der Waals surface area contributed by atoms with Gasteiger partial charge in [-0.05, 0) is 38.8 Å². The van der Waals surface area contributed by atoms with Gasteiger partial charge in [-0.15, -0.1) is 24.0 Å². The number of benzene rings is 1. The van der Waals surface area contributed by atoms with Crippen LogP contribution in [0.25, 0.3) is 0 Å². The zero-order valence-electron chi connectivity index (χ0n) is 14.5. The van der Waals surface area contributed by atoms with Gasteiger partial charge in [-0.1, -0.05) is 6.07 Å². The molecule has 0 spiro atoms. The second-order valence-corrected chi connectivity index (χ2v) is 4.90. The molecule has 1 aromatic rings. The van der Waals surface area contributed by atoms with Gasteiger partial charge < -0.3 is 20.1 Å². The van der Waals surface area contributed by atoms with Crippen molar-refractivity contribution in [2.45, 2.75) is 26.7 Å². The van der Waals surface area contributed by atoms with Gasteiger partial charge in [0.05, 0.1) is 6.54 Å². The summed E-state index contributed by atoms with van der Waals surface area (Å²) in [6.07, 6.45) is 2.01. The molecule has 0 aromatic heterocycles. The second kappa shape index (κ2) is 15.4. The number of nitrogens with zero attached hydrogens (tertiary/aromatic N) is 1. The minimum atomic E-state index is -0.294. The average Bonchev–Trinajstić information content (AvgIpc) is 2.54. The number of hydrogen-bond acceptors (Lipinski definition) is 3. The molecule has 0 saturated carbocycles. The number of guanidine groups is 1. The summed E-state index contributed by atoms with van der Waals surface area (Å²) in [6, 6.07) is 6.14. The van der Waals surface area contributed by atoms with Crippen LogP contribution in [0.15, 0.2) is 29.3 Å². The molecule has 0 saturated heterocycles. The lowest BCUT2D eigenvalue weighted by Gasteiger charge is -2.12. The summed E-state index contributed by atoms with van der Waals surface area (Å²) < 4.78 is 23.8. The minimum absolute atomic E-state index is 0. The molecule has 0 aliphatic rings. The number of hydrogen-bond donors (Lipinski definition) is 2. The maximum absolute atomic E-state index is 13.0. The topological polar surface area (TPSA) is 54.9 Å². The Morgan fingerprint density at radius 2 is 2.00 bits per heavy atom.